The van der Waals surface area contributed by atoms with Crippen LogP contribution < -0.4 is 10.6 Å². The van der Waals surface area contributed by atoms with Crippen molar-refractivity contribution in [1.29, 1.82) is 0 Å². The SMILES string of the molecule is O=C1NC[C@@H](c2cc(F)ccc2F)N1. The molecule has 1 aromatic rings. The van der Waals surface area contributed by atoms with E-state index < -0.39 is 17.7 Å². The molecular weight excluding hydrogens is 190 g/mol. The monoisotopic (exact) mass is 198 g/mol. The number of nitrogens with one attached hydrogen (secondary N) is 2. The van der Waals surface area contributed by atoms with Gasteiger partial charge in [-0.2, -0.15) is 0 Å². The summed E-state index contributed by atoms with van der Waals surface area (Å²) in [4.78, 5) is 10.8. The molecule has 1 aliphatic heterocycles. The Morgan fingerprint density at radius 1 is 1.36 bits per heavy atom. The predicted octanol–water partition coefficient (Wildman–Crippen LogP) is 1.32. The molecule has 0 bridgehead atoms. The molecule has 1 heterocycles. The second kappa shape index (κ2) is 3.25. The molecule has 2 N–H and O–H groups in total. The highest BCUT2D eigenvalue weighted by molar-refractivity contribution is 5.76. The smallest absolute Gasteiger partial charge is 0.315 e. The lowest BCUT2D eigenvalue weighted by Gasteiger charge is -2.09. The van der Waals surface area contributed by atoms with Gasteiger partial charge >= 0.3 is 6.03 Å². The number of carbonyl (C=O) groups excluding carboxylic acids is 1. The maximum absolute atomic E-state index is 13.2. The molecule has 1 aromatic carbocycles. The summed E-state index contributed by atoms with van der Waals surface area (Å²) >= 11 is 0. The molecule has 1 fully saturated rings. The van der Waals surface area contributed by atoms with Crippen molar-refractivity contribution in [2.75, 3.05) is 6.54 Å². The lowest BCUT2D eigenvalue weighted by atomic mass is 10.1. The van der Waals surface area contributed by atoms with Crippen LogP contribution in [0.1, 0.15) is 11.6 Å². The third-order valence-electron chi connectivity index (χ3n) is 2.11. The first-order valence-corrected chi connectivity index (χ1v) is 4.16. The molecule has 1 aliphatic rings. The van der Waals surface area contributed by atoms with Crippen molar-refractivity contribution in [2.24, 2.45) is 0 Å². The first kappa shape index (κ1) is 8.93. The summed E-state index contributed by atoms with van der Waals surface area (Å²) in [5.74, 6) is -1.03. The van der Waals surface area contributed by atoms with Gasteiger partial charge in [0.1, 0.15) is 11.6 Å². The number of halogens is 2. The van der Waals surface area contributed by atoms with Crippen LogP contribution in [0.3, 0.4) is 0 Å². The molecule has 3 nitrogen and oxygen atoms in total. The predicted molar refractivity (Wildman–Crippen MR) is 45.6 cm³/mol. The van der Waals surface area contributed by atoms with E-state index >= 15 is 0 Å². The van der Waals surface area contributed by atoms with Crippen LogP contribution in [-0.2, 0) is 0 Å². The number of hydrogen-bond donors (Lipinski definition) is 2. The third kappa shape index (κ3) is 1.53. The minimum absolute atomic E-state index is 0.170. The lowest BCUT2D eigenvalue weighted by molar-refractivity contribution is 0.247. The van der Waals surface area contributed by atoms with E-state index in [1.54, 1.807) is 0 Å². The van der Waals surface area contributed by atoms with E-state index in [0.717, 1.165) is 18.2 Å². The van der Waals surface area contributed by atoms with Crippen LogP contribution in [0.4, 0.5) is 13.6 Å². The highest BCUT2D eigenvalue weighted by Gasteiger charge is 2.24. The van der Waals surface area contributed by atoms with Crippen molar-refractivity contribution < 1.29 is 13.6 Å². The van der Waals surface area contributed by atoms with Crippen LogP contribution in [0, 0.1) is 11.6 Å². The van der Waals surface area contributed by atoms with Gasteiger partial charge in [-0.05, 0) is 18.2 Å². The molecule has 2 amide bonds. The summed E-state index contributed by atoms with van der Waals surface area (Å²) < 4.78 is 26.0. The van der Waals surface area contributed by atoms with Gasteiger partial charge < -0.3 is 10.6 Å². The van der Waals surface area contributed by atoms with Gasteiger partial charge in [0.2, 0.25) is 0 Å². The van der Waals surface area contributed by atoms with Gasteiger partial charge in [-0.3, -0.25) is 0 Å². The van der Waals surface area contributed by atoms with E-state index in [-0.39, 0.29) is 18.1 Å². The summed E-state index contributed by atoms with van der Waals surface area (Å²) in [6, 6.07) is 2.34. The largest absolute Gasteiger partial charge is 0.336 e. The lowest BCUT2D eigenvalue weighted by Crippen LogP contribution is -2.22. The van der Waals surface area contributed by atoms with Crippen molar-refractivity contribution in [3.05, 3.63) is 35.4 Å². The fourth-order valence-electron chi connectivity index (χ4n) is 1.42. The number of rotatable bonds is 1. The maximum atomic E-state index is 13.2. The first-order valence-electron chi connectivity index (χ1n) is 4.16. The van der Waals surface area contributed by atoms with Gasteiger partial charge in [0, 0.05) is 12.1 Å². The fraction of sp³-hybridized carbons (Fsp3) is 0.222. The second-order valence-electron chi connectivity index (χ2n) is 3.07. The van der Waals surface area contributed by atoms with E-state index in [9.17, 15) is 13.6 Å². The Hall–Kier alpha value is -1.65. The average molecular weight is 198 g/mol. The van der Waals surface area contributed by atoms with Crippen molar-refractivity contribution in [3.8, 4) is 0 Å². The summed E-state index contributed by atoms with van der Waals surface area (Å²) in [5.41, 5.74) is 0.170. The highest BCUT2D eigenvalue weighted by atomic mass is 19.1. The molecule has 1 atom stereocenters. The zero-order valence-corrected chi connectivity index (χ0v) is 7.18. The van der Waals surface area contributed by atoms with Crippen molar-refractivity contribution >= 4 is 6.03 Å². The van der Waals surface area contributed by atoms with Crippen LogP contribution >= 0.6 is 0 Å². The molecule has 2 rings (SSSR count). The summed E-state index contributed by atoms with van der Waals surface area (Å²) in [6.07, 6.45) is 0. The topological polar surface area (TPSA) is 41.1 Å². The molecule has 0 radical (unpaired) electrons. The van der Waals surface area contributed by atoms with E-state index in [1.165, 1.54) is 0 Å². The van der Waals surface area contributed by atoms with E-state index in [2.05, 4.69) is 10.6 Å². The molecule has 5 heteroatoms. The molecule has 0 spiro atoms. The Bertz CT molecular complexity index is 381. The van der Waals surface area contributed by atoms with Gasteiger partial charge in [0.05, 0.1) is 6.04 Å². The quantitative estimate of drug-likeness (QED) is 0.702. The average Bonchev–Trinajstić information content (AvgIpc) is 2.56. The number of hydrogen-bond acceptors (Lipinski definition) is 1. The molecule has 0 unspecified atom stereocenters. The Labute approximate surface area is 79.1 Å². The van der Waals surface area contributed by atoms with Crippen molar-refractivity contribution in [1.82, 2.24) is 10.6 Å². The Kier molecular flexibility index (Phi) is 2.07. The van der Waals surface area contributed by atoms with Crippen LogP contribution in [0.15, 0.2) is 18.2 Å². The normalized spacial score (nSPS) is 20.4. The zero-order chi connectivity index (χ0) is 10.1. The number of amides is 2. The highest BCUT2D eigenvalue weighted by Crippen LogP contribution is 2.19. The van der Waals surface area contributed by atoms with Crippen LogP contribution in [0.25, 0.3) is 0 Å². The minimum Gasteiger partial charge on any atom is -0.336 e. The van der Waals surface area contributed by atoms with E-state index in [0.29, 0.717) is 0 Å². The number of benzene rings is 1. The van der Waals surface area contributed by atoms with Crippen LogP contribution in [0.5, 0.6) is 0 Å². The van der Waals surface area contributed by atoms with E-state index in [4.69, 9.17) is 0 Å². The Morgan fingerprint density at radius 3 is 2.79 bits per heavy atom. The summed E-state index contributed by atoms with van der Waals surface area (Å²) in [5, 5.41) is 4.96. The maximum Gasteiger partial charge on any atom is 0.315 e. The van der Waals surface area contributed by atoms with E-state index in [1.807, 2.05) is 0 Å². The Morgan fingerprint density at radius 2 is 2.14 bits per heavy atom. The molecule has 0 saturated carbocycles. The van der Waals surface area contributed by atoms with Gasteiger partial charge in [-0.15, -0.1) is 0 Å². The number of carbonyl (C=O) groups is 1. The minimum atomic E-state index is -0.514. The fourth-order valence-corrected chi connectivity index (χ4v) is 1.42. The van der Waals surface area contributed by atoms with Gasteiger partial charge in [0.15, 0.2) is 0 Å². The molecule has 1 saturated heterocycles. The molecule has 0 aromatic heterocycles. The summed E-state index contributed by atoms with van der Waals surface area (Å²) in [7, 11) is 0. The number of urea groups is 1. The summed E-state index contributed by atoms with van der Waals surface area (Å²) in [6.45, 7) is 0.277. The second-order valence-corrected chi connectivity index (χ2v) is 3.07. The van der Waals surface area contributed by atoms with Gasteiger partial charge in [0.25, 0.3) is 0 Å². The molecule has 14 heavy (non-hydrogen) atoms. The molecule has 0 aliphatic carbocycles. The first-order chi connectivity index (χ1) is 6.66. The van der Waals surface area contributed by atoms with Crippen molar-refractivity contribution in [3.63, 3.8) is 0 Å². The van der Waals surface area contributed by atoms with Crippen LogP contribution in [-0.4, -0.2) is 12.6 Å². The standard InChI is InChI=1S/C9H8F2N2O/c10-5-1-2-7(11)6(3-5)8-4-12-9(14)13-8/h1-3,8H,4H2,(H2,12,13,14)/t8-/m0/s1. The third-order valence-corrected chi connectivity index (χ3v) is 2.11. The van der Waals surface area contributed by atoms with Gasteiger partial charge in [-0.25, -0.2) is 13.6 Å². The van der Waals surface area contributed by atoms with Gasteiger partial charge in [-0.1, -0.05) is 0 Å². The molecular formula is C9H8F2N2O. The van der Waals surface area contributed by atoms with Crippen LogP contribution in [0.2, 0.25) is 0 Å². The van der Waals surface area contributed by atoms with Crippen molar-refractivity contribution in [2.45, 2.75) is 6.04 Å². The Balaban J connectivity index is 2.31. The molecule has 74 valence electrons. The zero-order valence-electron chi connectivity index (χ0n) is 7.18.